The van der Waals surface area contributed by atoms with Gasteiger partial charge in [0.05, 0.1) is 13.4 Å². The van der Waals surface area contributed by atoms with Gasteiger partial charge in [0, 0.05) is 25.9 Å². The Balaban J connectivity index is 1.69. The summed E-state index contributed by atoms with van der Waals surface area (Å²) in [4.78, 5) is 40.5. The molecule has 0 aliphatic carbocycles. The molecule has 10 heteroatoms. The van der Waals surface area contributed by atoms with Gasteiger partial charge in [-0.15, -0.1) is 0 Å². The monoisotopic (exact) mass is 396 g/mol. The van der Waals surface area contributed by atoms with Gasteiger partial charge in [-0.1, -0.05) is 18.2 Å². The highest BCUT2D eigenvalue weighted by molar-refractivity contribution is 5.82. The SMILES string of the molecule is COc1ccccc1C=C/C=N/NC(=O)Cn1cnc2c1c(=O)n(C)c(=O)n2C. The van der Waals surface area contributed by atoms with Gasteiger partial charge in [-0.2, -0.15) is 5.10 Å². The number of amides is 1. The van der Waals surface area contributed by atoms with Crippen molar-refractivity contribution in [1.82, 2.24) is 24.1 Å². The summed E-state index contributed by atoms with van der Waals surface area (Å²) in [6.45, 7) is -0.169. The highest BCUT2D eigenvalue weighted by Crippen LogP contribution is 2.18. The lowest BCUT2D eigenvalue weighted by Crippen LogP contribution is -2.38. The van der Waals surface area contributed by atoms with E-state index in [4.69, 9.17) is 4.74 Å². The lowest BCUT2D eigenvalue weighted by Gasteiger charge is -2.05. The summed E-state index contributed by atoms with van der Waals surface area (Å²) in [7, 11) is 4.48. The number of hydrogen-bond donors (Lipinski definition) is 1. The molecule has 2 heterocycles. The first kappa shape index (κ1) is 19.8. The molecule has 0 spiro atoms. The van der Waals surface area contributed by atoms with Crippen LogP contribution in [-0.4, -0.2) is 37.9 Å². The Bertz CT molecular complexity index is 1230. The van der Waals surface area contributed by atoms with E-state index in [2.05, 4.69) is 15.5 Å². The summed E-state index contributed by atoms with van der Waals surface area (Å²) in [6, 6.07) is 7.49. The molecule has 0 fully saturated rings. The topological polar surface area (TPSA) is 113 Å². The number of benzene rings is 1. The van der Waals surface area contributed by atoms with E-state index in [-0.39, 0.29) is 17.7 Å². The molecule has 0 saturated heterocycles. The number of rotatable bonds is 6. The van der Waals surface area contributed by atoms with Gasteiger partial charge in [-0.3, -0.25) is 18.7 Å². The van der Waals surface area contributed by atoms with Crippen molar-refractivity contribution in [3.63, 3.8) is 0 Å². The van der Waals surface area contributed by atoms with Gasteiger partial charge in [0.25, 0.3) is 11.5 Å². The number of aryl methyl sites for hydroxylation is 1. The third-order valence-electron chi connectivity index (χ3n) is 4.30. The number of aromatic nitrogens is 4. The number of allylic oxidation sites excluding steroid dienone is 1. The molecule has 0 aliphatic heterocycles. The summed E-state index contributed by atoms with van der Waals surface area (Å²) >= 11 is 0. The summed E-state index contributed by atoms with van der Waals surface area (Å²) in [5.74, 6) is 0.284. The molecule has 2 aromatic heterocycles. The first-order chi connectivity index (χ1) is 13.9. The van der Waals surface area contributed by atoms with Gasteiger partial charge < -0.3 is 9.30 Å². The zero-order valence-electron chi connectivity index (χ0n) is 16.2. The number of methoxy groups -OCH3 is 1. The van der Waals surface area contributed by atoms with Gasteiger partial charge in [0.2, 0.25) is 0 Å². The molecule has 150 valence electrons. The Labute approximate surface area is 165 Å². The summed E-state index contributed by atoms with van der Waals surface area (Å²) in [6.07, 6.45) is 6.23. The highest BCUT2D eigenvalue weighted by atomic mass is 16.5. The fraction of sp³-hybridized carbons (Fsp3) is 0.211. The smallest absolute Gasteiger partial charge is 0.332 e. The maximum absolute atomic E-state index is 12.4. The molecular formula is C19H20N6O4. The second-order valence-corrected chi connectivity index (χ2v) is 6.16. The fourth-order valence-corrected chi connectivity index (χ4v) is 2.81. The van der Waals surface area contributed by atoms with Crippen LogP contribution in [0.1, 0.15) is 5.56 Å². The summed E-state index contributed by atoms with van der Waals surface area (Å²) < 4.78 is 8.85. The lowest BCUT2D eigenvalue weighted by atomic mass is 10.2. The molecule has 1 N–H and O–H groups in total. The minimum atomic E-state index is -0.517. The van der Waals surface area contributed by atoms with Crippen LogP contribution in [0.3, 0.4) is 0 Å². The van der Waals surface area contributed by atoms with Crippen molar-refractivity contribution in [3.05, 3.63) is 63.1 Å². The van der Waals surface area contributed by atoms with Crippen molar-refractivity contribution in [2.75, 3.05) is 7.11 Å². The van der Waals surface area contributed by atoms with Gasteiger partial charge in [-0.05, 0) is 18.2 Å². The van der Waals surface area contributed by atoms with E-state index in [0.29, 0.717) is 0 Å². The molecule has 0 radical (unpaired) electrons. The molecule has 0 aliphatic rings. The van der Waals surface area contributed by atoms with E-state index in [0.717, 1.165) is 15.9 Å². The molecule has 1 amide bonds. The second kappa shape index (κ2) is 8.38. The summed E-state index contributed by atoms with van der Waals surface area (Å²) in [5.41, 5.74) is 2.64. The molecule has 0 saturated carbocycles. The maximum Gasteiger partial charge on any atom is 0.332 e. The highest BCUT2D eigenvalue weighted by Gasteiger charge is 2.15. The van der Waals surface area contributed by atoms with Crippen molar-refractivity contribution in [1.29, 1.82) is 0 Å². The molecule has 0 atom stereocenters. The maximum atomic E-state index is 12.4. The van der Waals surface area contributed by atoms with E-state index in [1.165, 1.54) is 35.8 Å². The average molecular weight is 396 g/mol. The molecule has 0 bridgehead atoms. The molecule has 0 unspecified atom stereocenters. The molecule has 29 heavy (non-hydrogen) atoms. The molecular weight excluding hydrogens is 376 g/mol. The largest absolute Gasteiger partial charge is 0.496 e. The van der Waals surface area contributed by atoms with Crippen LogP contribution in [0, 0.1) is 0 Å². The van der Waals surface area contributed by atoms with Crippen molar-refractivity contribution in [3.8, 4) is 5.75 Å². The van der Waals surface area contributed by atoms with Gasteiger partial charge in [-0.25, -0.2) is 15.2 Å². The lowest BCUT2D eigenvalue weighted by molar-refractivity contribution is -0.121. The van der Waals surface area contributed by atoms with E-state index in [9.17, 15) is 14.4 Å². The van der Waals surface area contributed by atoms with Crippen LogP contribution in [0.2, 0.25) is 0 Å². The van der Waals surface area contributed by atoms with Crippen molar-refractivity contribution in [2.45, 2.75) is 6.54 Å². The first-order valence-corrected chi connectivity index (χ1v) is 8.66. The van der Waals surface area contributed by atoms with Crippen LogP contribution in [0.4, 0.5) is 0 Å². The predicted molar refractivity (Wildman–Crippen MR) is 109 cm³/mol. The number of carbonyl (C=O) groups excluding carboxylic acids is 1. The molecule has 1 aromatic carbocycles. The molecule has 10 nitrogen and oxygen atoms in total. The van der Waals surface area contributed by atoms with E-state index >= 15 is 0 Å². The van der Waals surface area contributed by atoms with Gasteiger partial charge in [0.15, 0.2) is 11.2 Å². The molecule has 3 rings (SSSR count). The Morgan fingerprint density at radius 2 is 2.00 bits per heavy atom. The van der Waals surface area contributed by atoms with E-state index in [1.807, 2.05) is 24.3 Å². The Kier molecular flexibility index (Phi) is 5.72. The Hall–Kier alpha value is -3.95. The molecule has 3 aromatic rings. The third kappa shape index (κ3) is 4.00. The summed E-state index contributed by atoms with van der Waals surface area (Å²) in [5, 5.41) is 3.85. The zero-order chi connectivity index (χ0) is 21.0. The Morgan fingerprint density at radius 1 is 1.24 bits per heavy atom. The fourth-order valence-electron chi connectivity index (χ4n) is 2.81. The number of hydrazone groups is 1. The average Bonchev–Trinajstić information content (AvgIpc) is 3.14. The number of fused-ring (bicyclic) bond motifs is 1. The minimum Gasteiger partial charge on any atom is -0.496 e. The van der Waals surface area contributed by atoms with E-state index < -0.39 is 17.2 Å². The number of hydrogen-bond acceptors (Lipinski definition) is 6. The standard InChI is InChI=1S/C19H20N6O4/c1-23-17-16(18(27)24(2)19(23)28)25(12-20-17)11-15(26)22-21-10-6-8-13-7-4-5-9-14(13)29-3/h4-10,12H,11H2,1-3H3,(H,22,26)/b8-6?,21-10+. The number of ether oxygens (including phenoxy) is 1. The van der Waals surface area contributed by atoms with Crippen LogP contribution >= 0.6 is 0 Å². The van der Waals surface area contributed by atoms with Crippen molar-refractivity contribution >= 4 is 29.4 Å². The number of nitrogens with zero attached hydrogens (tertiary/aromatic N) is 5. The van der Waals surface area contributed by atoms with Gasteiger partial charge in [0.1, 0.15) is 12.3 Å². The third-order valence-corrected chi connectivity index (χ3v) is 4.30. The van der Waals surface area contributed by atoms with Crippen LogP contribution in [0.25, 0.3) is 17.2 Å². The quantitative estimate of drug-likeness (QED) is 0.474. The van der Waals surface area contributed by atoms with Crippen molar-refractivity contribution in [2.24, 2.45) is 19.2 Å². The second-order valence-electron chi connectivity index (χ2n) is 6.16. The normalized spacial score (nSPS) is 11.6. The van der Waals surface area contributed by atoms with Crippen LogP contribution in [-0.2, 0) is 25.4 Å². The first-order valence-electron chi connectivity index (χ1n) is 8.66. The van der Waals surface area contributed by atoms with Crippen LogP contribution in [0.5, 0.6) is 5.75 Å². The Morgan fingerprint density at radius 3 is 2.76 bits per heavy atom. The van der Waals surface area contributed by atoms with Gasteiger partial charge >= 0.3 is 5.69 Å². The van der Waals surface area contributed by atoms with Crippen LogP contribution < -0.4 is 21.4 Å². The number of nitrogens with one attached hydrogen (secondary N) is 1. The predicted octanol–water partition coefficient (Wildman–Crippen LogP) is 0.258. The minimum absolute atomic E-state index is 0.169. The number of carbonyl (C=O) groups is 1. The van der Waals surface area contributed by atoms with Crippen LogP contribution in [0.15, 0.2) is 51.4 Å². The number of imidazole rings is 1. The zero-order valence-corrected chi connectivity index (χ0v) is 16.2. The van der Waals surface area contributed by atoms with Crippen molar-refractivity contribution < 1.29 is 9.53 Å². The number of para-hydroxylation sites is 1. The van der Waals surface area contributed by atoms with E-state index in [1.54, 1.807) is 19.3 Å².